The number of aryl methyl sites for hydroxylation is 1. The van der Waals surface area contributed by atoms with Crippen molar-refractivity contribution in [2.24, 2.45) is 0 Å². The van der Waals surface area contributed by atoms with Crippen molar-refractivity contribution >= 4 is 11.6 Å². The van der Waals surface area contributed by atoms with E-state index in [1.54, 1.807) is 37.3 Å². The van der Waals surface area contributed by atoms with Gasteiger partial charge in [0.05, 0.1) is 5.69 Å². The zero-order valence-corrected chi connectivity index (χ0v) is 9.77. The summed E-state index contributed by atoms with van der Waals surface area (Å²) in [7, 11) is 0. The van der Waals surface area contributed by atoms with E-state index in [0.29, 0.717) is 10.7 Å². The Balaban J connectivity index is 2.64. The fraction of sp³-hybridized carbons (Fsp3) is 0.0833. The predicted octanol–water partition coefficient (Wildman–Crippen LogP) is 2.07. The third-order valence-electron chi connectivity index (χ3n) is 2.28. The number of benzene rings is 1. The molecule has 1 aromatic carbocycles. The number of hydrogen-bond acceptors (Lipinski definition) is 3. The van der Waals surface area contributed by atoms with Gasteiger partial charge in [-0.2, -0.15) is 10.4 Å². The maximum Gasteiger partial charge on any atom is 0.218 e. The van der Waals surface area contributed by atoms with Crippen LogP contribution in [0.1, 0.15) is 11.4 Å². The first-order chi connectivity index (χ1) is 8.11. The van der Waals surface area contributed by atoms with Crippen molar-refractivity contribution in [3.8, 4) is 11.8 Å². The van der Waals surface area contributed by atoms with E-state index in [9.17, 15) is 4.79 Å². The molecule has 0 aliphatic heterocycles. The highest BCUT2D eigenvalue weighted by Gasteiger charge is 2.06. The van der Waals surface area contributed by atoms with E-state index in [0.717, 1.165) is 5.69 Å². The van der Waals surface area contributed by atoms with E-state index in [1.165, 1.54) is 10.7 Å². The van der Waals surface area contributed by atoms with Crippen molar-refractivity contribution in [3.63, 3.8) is 0 Å². The van der Waals surface area contributed by atoms with Gasteiger partial charge >= 0.3 is 0 Å². The van der Waals surface area contributed by atoms with Crippen molar-refractivity contribution in [2.45, 2.75) is 6.92 Å². The number of halogens is 1. The summed E-state index contributed by atoms with van der Waals surface area (Å²) in [5.74, 6) is 0. The Morgan fingerprint density at radius 2 is 2.00 bits per heavy atom. The van der Waals surface area contributed by atoms with Crippen molar-refractivity contribution < 1.29 is 0 Å². The number of nitrogens with zero attached hydrogens (tertiary/aromatic N) is 3. The van der Waals surface area contributed by atoms with Crippen LogP contribution in [0.4, 0.5) is 0 Å². The first-order valence-corrected chi connectivity index (χ1v) is 5.26. The van der Waals surface area contributed by atoms with Gasteiger partial charge < -0.3 is 0 Å². The normalized spacial score (nSPS) is 9.94. The number of aromatic nitrogens is 2. The van der Waals surface area contributed by atoms with Crippen LogP contribution >= 0.6 is 11.6 Å². The van der Waals surface area contributed by atoms with E-state index in [-0.39, 0.29) is 11.1 Å². The van der Waals surface area contributed by atoms with Gasteiger partial charge in [0.25, 0.3) is 0 Å². The maximum atomic E-state index is 11.4. The summed E-state index contributed by atoms with van der Waals surface area (Å²) >= 11 is 5.79. The van der Waals surface area contributed by atoms with Crippen LogP contribution in [0, 0.1) is 18.3 Å². The lowest BCUT2D eigenvalue weighted by molar-refractivity contribution is 0.790. The molecule has 0 saturated heterocycles. The molecule has 2 aromatic rings. The fourth-order valence-electron chi connectivity index (χ4n) is 1.47. The molecule has 5 heteroatoms. The summed E-state index contributed by atoms with van der Waals surface area (Å²) in [6.45, 7) is 1.75. The van der Waals surface area contributed by atoms with Crippen LogP contribution in [0.15, 0.2) is 35.1 Å². The second-order valence-corrected chi connectivity index (χ2v) is 3.94. The summed E-state index contributed by atoms with van der Waals surface area (Å²) in [6, 6.07) is 10.2. The van der Waals surface area contributed by atoms with Crippen LogP contribution < -0.4 is 5.43 Å². The molecule has 84 valence electrons. The molecule has 2 rings (SSSR count). The topological polar surface area (TPSA) is 58.7 Å². The second kappa shape index (κ2) is 4.40. The van der Waals surface area contributed by atoms with Crippen LogP contribution in [0.2, 0.25) is 5.02 Å². The lowest BCUT2D eigenvalue weighted by atomic mass is 10.3. The zero-order chi connectivity index (χ0) is 12.4. The Bertz CT molecular complexity index is 653. The SMILES string of the molecule is Cc1cc(=O)c(C#N)nn1-c1ccc(Cl)cc1. The van der Waals surface area contributed by atoms with Gasteiger partial charge in [0.15, 0.2) is 0 Å². The highest BCUT2D eigenvalue weighted by atomic mass is 35.5. The first kappa shape index (κ1) is 11.4. The molecule has 0 fully saturated rings. The molecular formula is C12H8ClN3O. The molecule has 0 spiro atoms. The number of rotatable bonds is 1. The van der Waals surface area contributed by atoms with Gasteiger partial charge in [-0.1, -0.05) is 11.6 Å². The molecule has 0 N–H and O–H groups in total. The van der Waals surface area contributed by atoms with Crippen LogP contribution in [0.25, 0.3) is 5.69 Å². The lowest BCUT2D eigenvalue weighted by Gasteiger charge is -2.08. The summed E-state index contributed by atoms with van der Waals surface area (Å²) in [5.41, 5.74) is 0.931. The van der Waals surface area contributed by atoms with E-state index in [1.807, 2.05) is 0 Å². The average molecular weight is 246 g/mol. The molecule has 0 aliphatic carbocycles. The van der Waals surface area contributed by atoms with Gasteiger partial charge in [-0.05, 0) is 31.2 Å². The molecular weight excluding hydrogens is 238 g/mol. The molecule has 17 heavy (non-hydrogen) atoms. The summed E-state index contributed by atoms with van der Waals surface area (Å²) in [6.07, 6.45) is 0. The molecule has 1 heterocycles. The van der Waals surface area contributed by atoms with Crippen LogP contribution in [0.5, 0.6) is 0 Å². The minimum absolute atomic E-state index is 0.120. The molecule has 1 aromatic heterocycles. The Kier molecular flexibility index (Phi) is 2.94. The highest BCUT2D eigenvalue weighted by Crippen LogP contribution is 2.13. The lowest BCUT2D eigenvalue weighted by Crippen LogP contribution is -2.16. The third kappa shape index (κ3) is 2.19. The quantitative estimate of drug-likeness (QED) is 0.773. The van der Waals surface area contributed by atoms with Gasteiger partial charge in [0, 0.05) is 16.8 Å². The van der Waals surface area contributed by atoms with E-state index < -0.39 is 0 Å². The summed E-state index contributed by atoms with van der Waals surface area (Å²) in [5, 5.41) is 13.4. The molecule has 0 aliphatic rings. The first-order valence-electron chi connectivity index (χ1n) is 4.89. The molecule has 0 unspecified atom stereocenters. The minimum Gasteiger partial charge on any atom is -0.287 e. The Morgan fingerprint density at radius 3 is 2.59 bits per heavy atom. The molecule has 0 radical (unpaired) electrons. The number of hydrogen-bond donors (Lipinski definition) is 0. The smallest absolute Gasteiger partial charge is 0.218 e. The highest BCUT2D eigenvalue weighted by molar-refractivity contribution is 6.30. The van der Waals surface area contributed by atoms with E-state index in [4.69, 9.17) is 16.9 Å². The molecule has 0 atom stereocenters. The zero-order valence-electron chi connectivity index (χ0n) is 9.01. The van der Waals surface area contributed by atoms with Crippen molar-refractivity contribution in [3.05, 3.63) is 57.0 Å². The number of nitriles is 1. The Morgan fingerprint density at radius 1 is 1.35 bits per heavy atom. The Hall–Kier alpha value is -2.12. The maximum absolute atomic E-state index is 11.4. The molecule has 0 amide bonds. The van der Waals surface area contributed by atoms with Gasteiger partial charge in [-0.3, -0.25) is 4.79 Å². The standard InChI is InChI=1S/C12H8ClN3O/c1-8-6-12(17)11(7-14)15-16(8)10-4-2-9(13)3-5-10/h2-6H,1H3. The van der Waals surface area contributed by atoms with Gasteiger partial charge in [-0.25, -0.2) is 4.68 Å². The summed E-state index contributed by atoms with van der Waals surface area (Å²) < 4.78 is 1.54. The van der Waals surface area contributed by atoms with Gasteiger partial charge in [0.2, 0.25) is 11.1 Å². The van der Waals surface area contributed by atoms with Gasteiger partial charge in [-0.15, -0.1) is 0 Å². The van der Waals surface area contributed by atoms with Crippen molar-refractivity contribution in [1.82, 2.24) is 9.78 Å². The molecule has 0 bridgehead atoms. The second-order valence-electron chi connectivity index (χ2n) is 3.50. The Labute approximate surface area is 103 Å². The molecule has 0 saturated carbocycles. The van der Waals surface area contributed by atoms with Crippen LogP contribution in [-0.2, 0) is 0 Å². The van der Waals surface area contributed by atoms with Crippen molar-refractivity contribution in [1.29, 1.82) is 5.26 Å². The van der Waals surface area contributed by atoms with Crippen LogP contribution in [-0.4, -0.2) is 9.78 Å². The average Bonchev–Trinajstić information content (AvgIpc) is 2.31. The van der Waals surface area contributed by atoms with E-state index >= 15 is 0 Å². The van der Waals surface area contributed by atoms with Gasteiger partial charge in [0.1, 0.15) is 6.07 Å². The predicted molar refractivity (Wildman–Crippen MR) is 64.3 cm³/mol. The third-order valence-corrected chi connectivity index (χ3v) is 2.54. The minimum atomic E-state index is -0.366. The van der Waals surface area contributed by atoms with Crippen molar-refractivity contribution in [2.75, 3.05) is 0 Å². The van der Waals surface area contributed by atoms with E-state index in [2.05, 4.69) is 5.10 Å². The monoisotopic (exact) mass is 245 g/mol. The largest absolute Gasteiger partial charge is 0.287 e. The van der Waals surface area contributed by atoms with Crippen LogP contribution in [0.3, 0.4) is 0 Å². The summed E-state index contributed by atoms with van der Waals surface area (Å²) in [4.78, 5) is 11.4. The fourth-order valence-corrected chi connectivity index (χ4v) is 1.59. The molecule has 4 nitrogen and oxygen atoms in total.